The van der Waals surface area contributed by atoms with Crippen molar-refractivity contribution in [2.75, 3.05) is 6.61 Å². The monoisotopic (exact) mass is 300 g/mol. The second kappa shape index (κ2) is 6.74. The SMILES string of the molecule is O=C1CCC(=O)C12CCC(CCOCc1ccccc1)CC2. The first-order valence-electron chi connectivity index (χ1n) is 8.39. The summed E-state index contributed by atoms with van der Waals surface area (Å²) < 4.78 is 5.75. The molecule has 3 heteroatoms. The van der Waals surface area contributed by atoms with Crippen LogP contribution in [0.25, 0.3) is 0 Å². The molecular formula is C19H24O3. The van der Waals surface area contributed by atoms with Gasteiger partial charge in [0.2, 0.25) is 0 Å². The van der Waals surface area contributed by atoms with Crippen LogP contribution in [0.3, 0.4) is 0 Å². The number of carbonyl (C=O) groups excluding carboxylic acids is 2. The van der Waals surface area contributed by atoms with Crippen molar-refractivity contribution in [1.82, 2.24) is 0 Å². The summed E-state index contributed by atoms with van der Waals surface area (Å²) in [5.41, 5.74) is 0.619. The molecule has 2 aliphatic carbocycles. The molecule has 0 saturated heterocycles. The van der Waals surface area contributed by atoms with Crippen molar-refractivity contribution in [3.63, 3.8) is 0 Å². The minimum atomic E-state index is -0.582. The van der Waals surface area contributed by atoms with Crippen LogP contribution >= 0.6 is 0 Å². The number of rotatable bonds is 5. The van der Waals surface area contributed by atoms with Gasteiger partial charge in [0, 0.05) is 19.4 Å². The van der Waals surface area contributed by atoms with Gasteiger partial charge in [0.1, 0.15) is 11.6 Å². The molecule has 3 rings (SSSR count). The van der Waals surface area contributed by atoms with Crippen molar-refractivity contribution in [3.8, 4) is 0 Å². The number of Topliss-reactive ketones (excluding diaryl/α,β-unsaturated/α-hetero) is 2. The highest BCUT2D eigenvalue weighted by Gasteiger charge is 2.50. The number of ketones is 2. The van der Waals surface area contributed by atoms with E-state index >= 15 is 0 Å². The fourth-order valence-electron chi connectivity index (χ4n) is 3.89. The number of benzene rings is 1. The van der Waals surface area contributed by atoms with Crippen LogP contribution in [0.2, 0.25) is 0 Å². The summed E-state index contributed by atoms with van der Waals surface area (Å²) in [6, 6.07) is 10.2. The molecule has 0 atom stereocenters. The van der Waals surface area contributed by atoms with E-state index in [1.54, 1.807) is 0 Å². The first-order valence-corrected chi connectivity index (χ1v) is 8.39. The normalized spacial score (nSPS) is 21.6. The van der Waals surface area contributed by atoms with Gasteiger partial charge >= 0.3 is 0 Å². The zero-order valence-corrected chi connectivity index (χ0v) is 13.1. The fourth-order valence-corrected chi connectivity index (χ4v) is 3.89. The molecule has 0 amide bonds. The Hall–Kier alpha value is -1.48. The van der Waals surface area contributed by atoms with Crippen LogP contribution in [-0.4, -0.2) is 18.2 Å². The van der Waals surface area contributed by atoms with Crippen molar-refractivity contribution in [3.05, 3.63) is 35.9 Å². The van der Waals surface area contributed by atoms with Crippen LogP contribution in [0.4, 0.5) is 0 Å². The molecule has 0 aliphatic heterocycles. The molecule has 0 N–H and O–H groups in total. The van der Waals surface area contributed by atoms with Crippen molar-refractivity contribution in [2.45, 2.75) is 51.6 Å². The van der Waals surface area contributed by atoms with Gasteiger partial charge in [-0.05, 0) is 43.6 Å². The average molecular weight is 300 g/mol. The summed E-state index contributed by atoms with van der Waals surface area (Å²) in [4.78, 5) is 24.1. The summed E-state index contributed by atoms with van der Waals surface area (Å²) in [6.07, 6.45) is 5.51. The molecule has 1 aromatic rings. The first-order chi connectivity index (χ1) is 10.7. The lowest BCUT2D eigenvalue weighted by Crippen LogP contribution is -2.37. The minimum absolute atomic E-state index is 0.205. The van der Waals surface area contributed by atoms with Crippen molar-refractivity contribution in [1.29, 1.82) is 0 Å². The van der Waals surface area contributed by atoms with E-state index < -0.39 is 5.41 Å². The average Bonchev–Trinajstić information content (AvgIpc) is 2.83. The predicted octanol–water partition coefficient (Wildman–Crippen LogP) is 3.70. The standard InChI is InChI=1S/C19H24O3/c20-17-6-7-18(21)19(17)11-8-15(9-12-19)10-13-22-14-16-4-2-1-3-5-16/h1-5,15H,6-14H2. The van der Waals surface area contributed by atoms with E-state index in [4.69, 9.17) is 4.74 Å². The third-order valence-electron chi connectivity index (χ3n) is 5.39. The van der Waals surface area contributed by atoms with Gasteiger partial charge in [-0.2, -0.15) is 0 Å². The van der Waals surface area contributed by atoms with Crippen LogP contribution in [0.15, 0.2) is 30.3 Å². The summed E-state index contributed by atoms with van der Waals surface area (Å²) in [7, 11) is 0. The minimum Gasteiger partial charge on any atom is -0.377 e. The molecule has 2 saturated carbocycles. The third kappa shape index (κ3) is 3.14. The van der Waals surface area contributed by atoms with Gasteiger partial charge in [0.15, 0.2) is 0 Å². The summed E-state index contributed by atoms with van der Waals surface area (Å²) in [5.74, 6) is 1.01. The Morgan fingerprint density at radius 2 is 1.64 bits per heavy atom. The zero-order valence-electron chi connectivity index (χ0n) is 13.1. The Morgan fingerprint density at radius 1 is 1.00 bits per heavy atom. The van der Waals surface area contributed by atoms with Crippen LogP contribution < -0.4 is 0 Å². The van der Waals surface area contributed by atoms with Crippen molar-refractivity contribution in [2.24, 2.45) is 11.3 Å². The first kappa shape index (κ1) is 15.4. The van der Waals surface area contributed by atoms with Gasteiger partial charge in [-0.1, -0.05) is 30.3 Å². The summed E-state index contributed by atoms with van der Waals surface area (Å²) in [6.45, 7) is 1.42. The molecule has 1 spiro atoms. The lowest BCUT2D eigenvalue weighted by atomic mass is 9.68. The van der Waals surface area contributed by atoms with Gasteiger partial charge in [-0.3, -0.25) is 9.59 Å². The molecule has 118 valence electrons. The van der Waals surface area contributed by atoms with Crippen LogP contribution in [0.1, 0.15) is 50.5 Å². The Morgan fingerprint density at radius 3 is 2.27 bits per heavy atom. The van der Waals surface area contributed by atoms with E-state index in [9.17, 15) is 9.59 Å². The highest BCUT2D eigenvalue weighted by atomic mass is 16.5. The Kier molecular flexibility index (Phi) is 4.72. The highest BCUT2D eigenvalue weighted by molar-refractivity contribution is 6.12. The van der Waals surface area contributed by atoms with Crippen LogP contribution in [0, 0.1) is 11.3 Å². The quantitative estimate of drug-likeness (QED) is 0.615. The van der Waals surface area contributed by atoms with E-state index in [1.807, 2.05) is 18.2 Å². The lowest BCUT2D eigenvalue weighted by Gasteiger charge is -2.34. The fraction of sp³-hybridized carbons (Fsp3) is 0.579. The third-order valence-corrected chi connectivity index (χ3v) is 5.39. The Bertz CT molecular complexity index is 509. The number of ether oxygens (including phenoxy) is 1. The number of hydrogen-bond donors (Lipinski definition) is 0. The highest BCUT2D eigenvalue weighted by Crippen LogP contribution is 2.46. The van der Waals surface area contributed by atoms with Gasteiger partial charge < -0.3 is 4.74 Å². The molecule has 0 unspecified atom stereocenters. The second-order valence-corrected chi connectivity index (χ2v) is 6.70. The molecule has 0 radical (unpaired) electrons. The van der Waals surface area contributed by atoms with Gasteiger partial charge in [0.25, 0.3) is 0 Å². The zero-order chi connectivity index (χ0) is 15.4. The van der Waals surface area contributed by atoms with Gasteiger partial charge in [-0.25, -0.2) is 0 Å². The predicted molar refractivity (Wildman–Crippen MR) is 84.4 cm³/mol. The van der Waals surface area contributed by atoms with E-state index in [0.29, 0.717) is 25.4 Å². The maximum absolute atomic E-state index is 12.0. The van der Waals surface area contributed by atoms with Gasteiger partial charge in [-0.15, -0.1) is 0 Å². The Balaban J connectivity index is 1.39. The molecule has 0 heterocycles. The largest absolute Gasteiger partial charge is 0.377 e. The molecule has 3 nitrogen and oxygen atoms in total. The Labute approximate surface area is 132 Å². The molecule has 0 aromatic heterocycles. The van der Waals surface area contributed by atoms with Crippen LogP contribution in [-0.2, 0) is 20.9 Å². The molecule has 2 fully saturated rings. The van der Waals surface area contributed by atoms with Crippen molar-refractivity contribution >= 4 is 11.6 Å². The maximum atomic E-state index is 12.0. The molecular weight excluding hydrogens is 276 g/mol. The van der Waals surface area contributed by atoms with E-state index in [-0.39, 0.29) is 11.6 Å². The van der Waals surface area contributed by atoms with E-state index in [0.717, 1.165) is 38.7 Å². The molecule has 22 heavy (non-hydrogen) atoms. The van der Waals surface area contributed by atoms with Crippen molar-refractivity contribution < 1.29 is 14.3 Å². The lowest BCUT2D eigenvalue weighted by molar-refractivity contribution is -0.137. The van der Waals surface area contributed by atoms with Gasteiger partial charge in [0.05, 0.1) is 12.0 Å². The topological polar surface area (TPSA) is 43.4 Å². The van der Waals surface area contributed by atoms with Crippen LogP contribution in [0.5, 0.6) is 0 Å². The van der Waals surface area contributed by atoms with E-state index in [2.05, 4.69) is 12.1 Å². The smallest absolute Gasteiger partial charge is 0.146 e. The molecule has 0 bridgehead atoms. The molecule has 2 aliphatic rings. The second-order valence-electron chi connectivity index (χ2n) is 6.70. The van der Waals surface area contributed by atoms with E-state index in [1.165, 1.54) is 5.56 Å². The maximum Gasteiger partial charge on any atom is 0.146 e. The number of carbonyl (C=O) groups is 2. The molecule has 1 aromatic carbocycles. The summed E-state index contributed by atoms with van der Waals surface area (Å²) >= 11 is 0. The summed E-state index contributed by atoms with van der Waals surface area (Å²) in [5, 5.41) is 0. The number of hydrogen-bond acceptors (Lipinski definition) is 3.